The van der Waals surface area contributed by atoms with Crippen molar-refractivity contribution < 1.29 is 16.8 Å². The molecule has 0 aliphatic carbocycles. The Morgan fingerprint density at radius 1 is 1.20 bits per heavy atom. The number of benzene rings is 2. The SMILES string of the molecule is Cn1sc(=O)c2cc(S(=O)(=O)Nc3ccccc3N=S(=O)=O)ccc21.c1nc[nH]n1. The van der Waals surface area contributed by atoms with Gasteiger partial charge in [0.1, 0.15) is 18.3 Å². The van der Waals surface area contributed by atoms with Crippen molar-refractivity contribution in [1.29, 1.82) is 0 Å². The zero-order valence-electron chi connectivity index (χ0n) is 15.3. The van der Waals surface area contributed by atoms with E-state index in [2.05, 4.69) is 24.3 Å². The highest BCUT2D eigenvalue weighted by Crippen LogP contribution is 2.27. The fourth-order valence-corrected chi connectivity index (χ4v) is 4.62. The Morgan fingerprint density at radius 3 is 2.60 bits per heavy atom. The molecule has 0 saturated carbocycles. The summed E-state index contributed by atoms with van der Waals surface area (Å²) < 4.78 is 53.8. The maximum atomic E-state index is 12.6. The first-order valence-corrected chi connectivity index (χ1v) is 11.4. The van der Waals surface area contributed by atoms with Crippen LogP contribution in [0.5, 0.6) is 0 Å². The smallest absolute Gasteiger partial charge is 0.297 e. The number of aromatic amines is 1. The number of nitrogens with one attached hydrogen (secondary N) is 2. The molecule has 4 aromatic rings. The first-order chi connectivity index (χ1) is 14.3. The van der Waals surface area contributed by atoms with E-state index in [0.717, 1.165) is 11.5 Å². The second-order valence-electron chi connectivity index (χ2n) is 5.64. The van der Waals surface area contributed by atoms with Crippen molar-refractivity contribution in [1.82, 2.24) is 19.1 Å². The Kier molecular flexibility index (Phi) is 6.39. The van der Waals surface area contributed by atoms with Gasteiger partial charge in [-0.2, -0.15) is 13.5 Å². The van der Waals surface area contributed by atoms with Crippen molar-refractivity contribution in [3.63, 3.8) is 0 Å². The molecule has 0 spiro atoms. The maximum absolute atomic E-state index is 12.6. The summed E-state index contributed by atoms with van der Waals surface area (Å²) >= 11 is 0.977. The monoisotopic (exact) mass is 466 g/mol. The minimum atomic E-state index is -4.03. The van der Waals surface area contributed by atoms with E-state index in [1.165, 1.54) is 43.0 Å². The molecule has 2 aromatic carbocycles. The number of hydrogen-bond donors (Lipinski definition) is 2. The third-order valence-corrected chi connectivity index (χ3v) is 6.28. The fraction of sp³-hybridized carbons (Fsp3) is 0.0625. The van der Waals surface area contributed by atoms with Gasteiger partial charge >= 0.3 is 10.5 Å². The topological polar surface area (TPSA) is 156 Å². The highest BCUT2D eigenvalue weighted by atomic mass is 32.2. The molecule has 0 unspecified atom stereocenters. The summed E-state index contributed by atoms with van der Waals surface area (Å²) in [5.41, 5.74) is 0.614. The van der Waals surface area contributed by atoms with Crippen LogP contribution in [0.1, 0.15) is 0 Å². The lowest BCUT2D eigenvalue weighted by atomic mass is 10.2. The Balaban J connectivity index is 0.000000448. The van der Waals surface area contributed by atoms with Gasteiger partial charge in [0.25, 0.3) is 14.8 Å². The van der Waals surface area contributed by atoms with E-state index in [-0.39, 0.29) is 21.0 Å². The second-order valence-corrected chi connectivity index (χ2v) is 9.04. The van der Waals surface area contributed by atoms with Crippen LogP contribution in [0.25, 0.3) is 10.9 Å². The molecule has 0 aliphatic heterocycles. The van der Waals surface area contributed by atoms with Crippen LogP contribution in [0.4, 0.5) is 11.4 Å². The Morgan fingerprint density at radius 2 is 1.97 bits per heavy atom. The number of rotatable bonds is 4. The molecule has 30 heavy (non-hydrogen) atoms. The first kappa shape index (κ1) is 21.4. The summed E-state index contributed by atoms with van der Waals surface area (Å²) in [6.07, 6.45) is 2.96. The van der Waals surface area contributed by atoms with Crippen molar-refractivity contribution in [2.45, 2.75) is 4.90 Å². The number of H-pyrrole nitrogens is 1. The number of hydrogen-bond acceptors (Lipinski definition) is 9. The maximum Gasteiger partial charge on any atom is 0.316 e. The lowest BCUT2D eigenvalue weighted by Gasteiger charge is -2.09. The van der Waals surface area contributed by atoms with Crippen LogP contribution >= 0.6 is 11.5 Å². The molecule has 156 valence electrons. The van der Waals surface area contributed by atoms with Gasteiger partial charge in [0.05, 0.1) is 21.5 Å². The van der Waals surface area contributed by atoms with E-state index < -0.39 is 20.5 Å². The lowest BCUT2D eigenvalue weighted by Crippen LogP contribution is -2.13. The molecule has 2 aromatic heterocycles. The molecule has 0 radical (unpaired) electrons. The molecular weight excluding hydrogens is 452 g/mol. The van der Waals surface area contributed by atoms with Crippen molar-refractivity contribution >= 4 is 54.3 Å². The van der Waals surface area contributed by atoms with E-state index >= 15 is 0 Å². The van der Waals surface area contributed by atoms with Crippen LogP contribution in [-0.2, 0) is 27.6 Å². The summed E-state index contributed by atoms with van der Waals surface area (Å²) in [5.74, 6) is 0. The van der Waals surface area contributed by atoms with Gasteiger partial charge < -0.3 is 0 Å². The number of aromatic nitrogens is 4. The molecule has 0 amide bonds. The molecule has 14 heteroatoms. The molecule has 0 aliphatic rings. The molecule has 2 N–H and O–H groups in total. The van der Waals surface area contributed by atoms with Gasteiger partial charge in [-0.25, -0.2) is 13.4 Å². The average Bonchev–Trinajstić information content (AvgIpc) is 3.36. The first-order valence-electron chi connectivity index (χ1n) is 8.10. The summed E-state index contributed by atoms with van der Waals surface area (Å²) in [5, 5.41) is 6.29. The largest absolute Gasteiger partial charge is 0.316 e. The zero-order valence-corrected chi connectivity index (χ0v) is 17.7. The second kappa shape index (κ2) is 8.98. The predicted octanol–water partition coefficient (Wildman–Crippen LogP) is 1.90. The van der Waals surface area contributed by atoms with E-state index in [0.29, 0.717) is 10.9 Å². The molecule has 4 rings (SSSR count). The van der Waals surface area contributed by atoms with Gasteiger partial charge in [-0.3, -0.25) is 18.6 Å². The van der Waals surface area contributed by atoms with E-state index in [9.17, 15) is 21.6 Å². The van der Waals surface area contributed by atoms with Crippen molar-refractivity contribution in [2.24, 2.45) is 11.4 Å². The predicted molar refractivity (Wildman–Crippen MR) is 112 cm³/mol. The van der Waals surface area contributed by atoms with Gasteiger partial charge in [-0.15, -0.1) is 4.36 Å². The molecule has 2 heterocycles. The number of fused-ring (bicyclic) bond motifs is 1. The summed E-state index contributed by atoms with van der Waals surface area (Å²) in [6.45, 7) is 0. The number of para-hydroxylation sites is 1. The molecule has 11 nitrogen and oxygen atoms in total. The summed E-state index contributed by atoms with van der Waals surface area (Å²) in [7, 11) is -5.04. The zero-order chi connectivity index (χ0) is 21.7. The standard InChI is InChI=1S/C14H11N3O5S3.C2H3N3/c1-17-13-7-6-9(8-10(13)14(18)23-17)25(21,22)16-12-5-3-2-4-11(12)15-24(19)20;1-3-2-5-4-1/h2-8,16H,1H3;1-2H,(H,3,4,5). The third kappa shape index (κ3) is 4.97. The number of nitrogens with zero attached hydrogens (tertiary/aromatic N) is 4. The molecule has 0 saturated heterocycles. The molecular formula is C16H14N6O5S3. The Hall–Kier alpha value is -3.36. The fourth-order valence-electron chi connectivity index (χ4n) is 2.43. The van der Waals surface area contributed by atoms with Gasteiger partial charge in [-0.05, 0) is 41.9 Å². The van der Waals surface area contributed by atoms with Crippen LogP contribution < -0.4 is 9.46 Å². The van der Waals surface area contributed by atoms with Crippen molar-refractivity contribution in [3.05, 3.63) is 64.7 Å². The van der Waals surface area contributed by atoms with E-state index in [1.807, 2.05) is 0 Å². The Bertz CT molecular complexity index is 1450. The van der Waals surface area contributed by atoms with E-state index in [4.69, 9.17) is 0 Å². The van der Waals surface area contributed by atoms with Crippen LogP contribution in [0.15, 0.2) is 69.2 Å². The highest BCUT2D eigenvalue weighted by Gasteiger charge is 2.18. The molecule has 0 bridgehead atoms. The van der Waals surface area contributed by atoms with Crippen LogP contribution in [-0.4, -0.2) is 36.0 Å². The number of aryl methyl sites for hydroxylation is 1. The van der Waals surface area contributed by atoms with Crippen LogP contribution in [0.3, 0.4) is 0 Å². The minimum Gasteiger partial charge on any atom is -0.297 e. The summed E-state index contributed by atoms with van der Waals surface area (Å²) in [6, 6.07) is 10.1. The minimum absolute atomic E-state index is 0.0185. The summed E-state index contributed by atoms with van der Waals surface area (Å²) in [4.78, 5) is 15.4. The number of sulfonamides is 1. The van der Waals surface area contributed by atoms with Gasteiger partial charge in [-0.1, -0.05) is 12.1 Å². The number of anilines is 1. The van der Waals surface area contributed by atoms with Crippen molar-refractivity contribution in [3.8, 4) is 0 Å². The van der Waals surface area contributed by atoms with Gasteiger partial charge in [0.2, 0.25) is 0 Å². The van der Waals surface area contributed by atoms with Gasteiger partial charge in [0, 0.05) is 7.05 Å². The highest BCUT2D eigenvalue weighted by molar-refractivity contribution is 7.92. The lowest BCUT2D eigenvalue weighted by molar-refractivity contribution is 0.601. The van der Waals surface area contributed by atoms with Crippen LogP contribution in [0.2, 0.25) is 0 Å². The molecule has 0 fully saturated rings. The average molecular weight is 467 g/mol. The quantitative estimate of drug-likeness (QED) is 0.465. The van der Waals surface area contributed by atoms with E-state index in [1.54, 1.807) is 23.1 Å². The van der Waals surface area contributed by atoms with Crippen LogP contribution in [0, 0.1) is 0 Å². The Labute approximate surface area is 175 Å². The molecule has 0 atom stereocenters. The normalized spacial score (nSPS) is 10.8. The van der Waals surface area contributed by atoms with Gasteiger partial charge in [0.15, 0.2) is 0 Å². The third-order valence-electron chi connectivity index (χ3n) is 3.71. The van der Waals surface area contributed by atoms with Crippen molar-refractivity contribution in [2.75, 3.05) is 4.72 Å².